The smallest absolute Gasteiger partial charge is 0.146 e. The Kier molecular flexibility index (Phi) is 3.57. The maximum absolute atomic E-state index is 11.0. The Bertz CT molecular complexity index is 130. The molecule has 0 atom stereocenters. The highest BCUT2D eigenvalue weighted by Gasteiger charge is 2.17. The summed E-state index contributed by atoms with van der Waals surface area (Å²) < 4.78 is 0. The fourth-order valence-corrected chi connectivity index (χ4v) is 1.43. The standard InChI is InChI=1S/C9H17NO/c1-10-7-9(11)6-5-8-3-2-4-8/h8,10H,2-7H2,1H3. The van der Waals surface area contributed by atoms with Crippen LogP contribution in [-0.2, 0) is 4.79 Å². The molecule has 0 aliphatic heterocycles. The van der Waals surface area contributed by atoms with Gasteiger partial charge < -0.3 is 5.32 Å². The van der Waals surface area contributed by atoms with Gasteiger partial charge in [0, 0.05) is 6.42 Å². The van der Waals surface area contributed by atoms with Gasteiger partial charge in [0.1, 0.15) is 5.78 Å². The van der Waals surface area contributed by atoms with Crippen LogP contribution in [0.4, 0.5) is 0 Å². The summed E-state index contributed by atoms with van der Waals surface area (Å²) in [6.07, 6.45) is 6.00. The summed E-state index contributed by atoms with van der Waals surface area (Å²) in [6.45, 7) is 0.548. The first kappa shape index (κ1) is 8.72. The minimum absolute atomic E-state index is 0.361. The molecule has 0 aromatic heterocycles. The van der Waals surface area contributed by atoms with Crippen molar-refractivity contribution in [2.45, 2.75) is 32.1 Å². The van der Waals surface area contributed by atoms with Crippen LogP contribution in [0.1, 0.15) is 32.1 Å². The van der Waals surface area contributed by atoms with Crippen LogP contribution < -0.4 is 5.32 Å². The van der Waals surface area contributed by atoms with Crippen molar-refractivity contribution in [2.75, 3.05) is 13.6 Å². The van der Waals surface area contributed by atoms with Gasteiger partial charge in [-0.1, -0.05) is 19.3 Å². The zero-order chi connectivity index (χ0) is 8.10. The van der Waals surface area contributed by atoms with Gasteiger partial charge in [0.2, 0.25) is 0 Å². The molecule has 64 valence electrons. The second kappa shape index (κ2) is 4.50. The molecule has 0 saturated heterocycles. The van der Waals surface area contributed by atoms with Crippen LogP contribution in [0.3, 0.4) is 0 Å². The molecule has 1 rings (SSSR count). The molecule has 2 nitrogen and oxygen atoms in total. The Morgan fingerprint density at radius 3 is 2.73 bits per heavy atom. The average molecular weight is 155 g/mol. The van der Waals surface area contributed by atoms with E-state index in [9.17, 15) is 4.79 Å². The van der Waals surface area contributed by atoms with Crippen molar-refractivity contribution in [3.63, 3.8) is 0 Å². The third-order valence-electron chi connectivity index (χ3n) is 2.43. The maximum Gasteiger partial charge on any atom is 0.146 e. The van der Waals surface area contributed by atoms with Crippen LogP contribution in [0, 0.1) is 5.92 Å². The Labute approximate surface area is 68.4 Å². The molecule has 0 amide bonds. The summed E-state index contributed by atoms with van der Waals surface area (Å²) in [5, 5.41) is 2.88. The van der Waals surface area contributed by atoms with Crippen molar-refractivity contribution in [3.05, 3.63) is 0 Å². The normalized spacial score (nSPS) is 17.9. The molecule has 2 heteroatoms. The summed E-state index contributed by atoms with van der Waals surface area (Å²) in [5.74, 6) is 1.23. The lowest BCUT2D eigenvalue weighted by Gasteiger charge is -2.24. The Balaban J connectivity index is 1.96. The van der Waals surface area contributed by atoms with Crippen molar-refractivity contribution in [2.24, 2.45) is 5.92 Å². The number of rotatable bonds is 5. The first-order valence-electron chi connectivity index (χ1n) is 4.49. The minimum Gasteiger partial charge on any atom is -0.313 e. The Morgan fingerprint density at radius 2 is 2.27 bits per heavy atom. The fourth-order valence-electron chi connectivity index (χ4n) is 1.43. The Hall–Kier alpha value is -0.370. The van der Waals surface area contributed by atoms with Crippen LogP contribution in [0.2, 0.25) is 0 Å². The van der Waals surface area contributed by atoms with Crippen molar-refractivity contribution in [3.8, 4) is 0 Å². The molecule has 1 aliphatic carbocycles. The van der Waals surface area contributed by atoms with Crippen molar-refractivity contribution in [1.29, 1.82) is 0 Å². The molecule has 0 aromatic carbocycles. The fraction of sp³-hybridized carbons (Fsp3) is 0.889. The molecule has 1 aliphatic rings. The molecule has 0 radical (unpaired) electrons. The maximum atomic E-state index is 11.0. The first-order valence-corrected chi connectivity index (χ1v) is 4.49. The highest BCUT2D eigenvalue weighted by atomic mass is 16.1. The summed E-state index contributed by atoms with van der Waals surface area (Å²) in [6, 6.07) is 0. The van der Waals surface area contributed by atoms with E-state index in [-0.39, 0.29) is 0 Å². The molecule has 0 unspecified atom stereocenters. The number of ketones is 1. The van der Waals surface area contributed by atoms with Crippen LogP contribution in [0.5, 0.6) is 0 Å². The summed E-state index contributed by atoms with van der Waals surface area (Å²) in [4.78, 5) is 11.0. The highest BCUT2D eigenvalue weighted by Crippen LogP contribution is 2.30. The number of nitrogens with one attached hydrogen (secondary N) is 1. The SMILES string of the molecule is CNCC(=O)CCC1CCC1. The van der Waals surface area contributed by atoms with E-state index in [0.29, 0.717) is 12.3 Å². The monoisotopic (exact) mass is 155 g/mol. The molecular formula is C9H17NO. The second-order valence-corrected chi connectivity index (χ2v) is 3.40. The zero-order valence-electron chi connectivity index (χ0n) is 7.23. The van der Waals surface area contributed by atoms with E-state index in [1.807, 2.05) is 7.05 Å². The number of carbonyl (C=O) groups is 1. The summed E-state index contributed by atoms with van der Waals surface area (Å²) >= 11 is 0. The molecular weight excluding hydrogens is 138 g/mol. The Morgan fingerprint density at radius 1 is 1.55 bits per heavy atom. The van der Waals surface area contributed by atoms with Crippen molar-refractivity contribution >= 4 is 5.78 Å². The van der Waals surface area contributed by atoms with E-state index in [2.05, 4.69) is 5.32 Å². The molecule has 0 bridgehead atoms. The van der Waals surface area contributed by atoms with Crippen LogP contribution in [0.25, 0.3) is 0 Å². The van der Waals surface area contributed by atoms with E-state index < -0.39 is 0 Å². The number of carbonyl (C=O) groups excluding carboxylic acids is 1. The molecule has 11 heavy (non-hydrogen) atoms. The summed E-state index contributed by atoms with van der Waals surface area (Å²) in [7, 11) is 1.82. The average Bonchev–Trinajstić information content (AvgIpc) is 1.85. The van der Waals surface area contributed by atoms with E-state index >= 15 is 0 Å². The van der Waals surface area contributed by atoms with Crippen LogP contribution in [-0.4, -0.2) is 19.4 Å². The largest absolute Gasteiger partial charge is 0.313 e. The molecule has 1 fully saturated rings. The van der Waals surface area contributed by atoms with Gasteiger partial charge in [0.15, 0.2) is 0 Å². The molecule has 0 aromatic rings. The van der Waals surface area contributed by atoms with E-state index in [1.54, 1.807) is 0 Å². The first-order chi connectivity index (χ1) is 5.33. The van der Waals surface area contributed by atoms with Gasteiger partial charge >= 0.3 is 0 Å². The van der Waals surface area contributed by atoms with E-state index in [1.165, 1.54) is 19.3 Å². The second-order valence-electron chi connectivity index (χ2n) is 3.40. The quantitative estimate of drug-likeness (QED) is 0.649. The highest BCUT2D eigenvalue weighted by molar-refractivity contribution is 5.80. The topological polar surface area (TPSA) is 29.1 Å². The lowest BCUT2D eigenvalue weighted by molar-refractivity contribution is -0.118. The van der Waals surface area contributed by atoms with Crippen molar-refractivity contribution in [1.82, 2.24) is 5.32 Å². The number of likely N-dealkylation sites (N-methyl/N-ethyl adjacent to an activating group) is 1. The minimum atomic E-state index is 0.361. The number of hydrogen-bond acceptors (Lipinski definition) is 2. The van der Waals surface area contributed by atoms with Gasteiger partial charge in [-0.15, -0.1) is 0 Å². The molecule has 0 spiro atoms. The molecule has 1 saturated carbocycles. The molecule has 1 N–H and O–H groups in total. The van der Waals surface area contributed by atoms with Gasteiger partial charge in [-0.05, 0) is 19.4 Å². The van der Waals surface area contributed by atoms with Gasteiger partial charge in [0.05, 0.1) is 6.54 Å². The lowest BCUT2D eigenvalue weighted by atomic mass is 9.82. The number of hydrogen-bond donors (Lipinski definition) is 1. The third-order valence-corrected chi connectivity index (χ3v) is 2.43. The number of Topliss-reactive ketones (excluding diaryl/α,β-unsaturated/α-hetero) is 1. The van der Waals surface area contributed by atoms with Crippen LogP contribution >= 0.6 is 0 Å². The predicted octanol–water partition coefficient (Wildman–Crippen LogP) is 1.36. The molecule has 0 heterocycles. The van der Waals surface area contributed by atoms with Crippen molar-refractivity contribution < 1.29 is 4.79 Å². The van der Waals surface area contributed by atoms with Gasteiger partial charge in [0.25, 0.3) is 0 Å². The predicted molar refractivity (Wildman–Crippen MR) is 45.5 cm³/mol. The van der Waals surface area contributed by atoms with Crippen LogP contribution in [0.15, 0.2) is 0 Å². The zero-order valence-corrected chi connectivity index (χ0v) is 7.23. The third kappa shape index (κ3) is 3.02. The lowest BCUT2D eigenvalue weighted by Crippen LogP contribution is -2.20. The van der Waals surface area contributed by atoms with E-state index in [0.717, 1.165) is 18.8 Å². The summed E-state index contributed by atoms with van der Waals surface area (Å²) in [5.41, 5.74) is 0. The van der Waals surface area contributed by atoms with Gasteiger partial charge in [-0.3, -0.25) is 4.79 Å². The van der Waals surface area contributed by atoms with E-state index in [4.69, 9.17) is 0 Å². The van der Waals surface area contributed by atoms with Gasteiger partial charge in [-0.25, -0.2) is 0 Å². The van der Waals surface area contributed by atoms with Gasteiger partial charge in [-0.2, -0.15) is 0 Å².